The van der Waals surface area contributed by atoms with Crippen molar-refractivity contribution in [3.05, 3.63) is 56.7 Å². The summed E-state index contributed by atoms with van der Waals surface area (Å²) in [6.07, 6.45) is 1.29. The molecule has 0 radical (unpaired) electrons. The van der Waals surface area contributed by atoms with Gasteiger partial charge in [0.2, 0.25) is 0 Å². The number of aromatic carboxylic acids is 1. The van der Waals surface area contributed by atoms with Gasteiger partial charge < -0.3 is 10.4 Å². The number of hydrogen-bond acceptors (Lipinski definition) is 3. The number of nitrogens with one attached hydrogen (secondary N) is 1. The summed E-state index contributed by atoms with van der Waals surface area (Å²) in [7, 11) is 0. The van der Waals surface area contributed by atoms with Gasteiger partial charge in [-0.25, -0.2) is 9.78 Å². The standard InChI is InChI=1S/C13H8Br2N2O3/c14-8-2-1-3-9(15)11(8)17-12(18)7-4-5-16-10(6-7)13(19)20/h1-6H,(H,17,18)(H,19,20). The number of pyridine rings is 1. The van der Waals surface area contributed by atoms with Crippen molar-refractivity contribution in [2.75, 3.05) is 5.32 Å². The topological polar surface area (TPSA) is 79.3 Å². The fourth-order valence-corrected chi connectivity index (χ4v) is 2.69. The van der Waals surface area contributed by atoms with Gasteiger partial charge in [-0.1, -0.05) is 6.07 Å². The second-order valence-corrected chi connectivity index (χ2v) is 5.49. The van der Waals surface area contributed by atoms with Gasteiger partial charge in [0, 0.05) is 20.7 Å². The maximum Gasteiger partial charge on any atom is 0.354 e. The van der Waals surface area contributed by atoms with E-state index in [1.54, 1.807) is 12.1 Å². The van der Waals surface area contributed by atoms with Crippen molar-refractivity contribution >= 4 is 49.4 Å². The molecule has 1 heterocycles. The van der Waals surface area contributed by atoms with E-state index in [0.717, 1.165) is 0 Å². The lowest BCUT2D eigenvalue weighted by Gasteiger charge is -2.09. The highest BCUT2D eigenvalue weighted by Crippen LogP contribution is 2.30. The molecule has 0 saturated carbocycles. The molecule has 7 heteroatoms. The molecule has 1 aromatic carbocycles. The van der Waals surface area contributed by atoms with Gasteiger partial charge in [0.25, 0.3) is 5.91 Å². The van der Waals surface area contributed by atoms with Crippen molar-refractivity contribution in [2.24, 2.45) is 0 Å². The van der Waals surface area contributed by atoms with Gasteiger partial charge in [0.1, 0.15) is 5.69 Å². The van der Waals surface area contributed by atoms with E-state index in [-0.39, 0.29) is 11.3 Å². The number of carbonyl (C=O) groups excluding carboxylic acids is 1. The second kappa shape index (κ2) is 6.15. The number of anilines is 1. The summed E-state index contributed by atoms with van der Waals surface area (Å²) in [6, 6.07) is 8.07. The van der Waals surface area contributed by atoms with Crippen LogP contribution >= 0.6 is 31.9 Å². The number of benzene rings is 1. The number of halogens is 2. The first-order valence-electron chi connectivity index (χ1n) is 5.44. The van der Waals surface area contributed by atoms with Crippen LogP contribution in [0.25, 0.3) is 0 Å². The van der Waals surface area contributed by atoms with Crippen LogP contribution in [0.4, 0.5) is 5.69 Å². The third kappa shape index (κ3) is 3.23. The van der Waals surface area contributed by atoms with Gasteiger partial charge in [0.05, 0.1) is 5.69 Å². The predicted molar refractivity (Wildman–Crippen MR) is 81.0 cm³/mol. The van der Waals surface area contributed by atoms with Crippen LogP contribution < -0.4 is 5.32 Å². The number of carboxylic acids is 1. The number of para-hydroxylation sites is 1. The Balaban J connectivity index is 2.29. The number of rotatable bonds is 3. The first kappa shape index (κ1) is 14.7. The second-order valence-electron chi connectivity index (χ2n) is 3.79. The van der Waals surface area contributed by atoms with Crippen molar-refractivity contribution in [1.82, 2.24) is 4.98 Å². The molecule has 0 unspecified atom stereocenters. The fourth-order valence-electron chi connectivity index (χ4n) is 1.49. The molecule has 2 aromatic rings. The number of nitrogens with zero attached hydrogens (tertiary/aromatic N) is 1. The predicted octanol–water partition coefficient (Wildman–Crippen LogP) is 3.56. The Morgan fingerprint density at radius 1 is 1.15 bits per heavy atom. The van der Waals surface area contributed by atoms with Crippen molar-refractivity contribution in [3.63, 3.8) is 0 Å². The molecular weight excluding hydrogens is 392 g/mol. The largest absolute Gasteiger partial charge is 0.477 e. The highest BCUT2D eigenvalue weighted by Gasteiger charge is 2.13. The first-order chi connectivity index (χ1) is 9.49. The normalized spacial score (nSPS) is 10.1. The van der Waals surface area contributed by atoms with E-state index in [9.17, 15) is 9.59 Å². The van der Waals surface area contributed by atoms with Crippen LogP contribution in [0.3, 0.4) is 0 Å². The fraction of sp³-hybridized carbons (Fsp3) is 0. The highest BCUT2D eigenvalue weighted by atomic mass is 79.9. The Hall–Kier alpha value is -1.73. The van der Waals surface area contributed by atoms with Gasteiger partial charge >= 0.3 is 5.97 Å². The molecule has 0 saturated heterocycles. The minimum Gasteiger partial charge on any atom is -0.477 e. The zero-order valence-corrected chi connectivity index (χ0v) is 13.1. The van der Waals surface area contributed by atoms with Crippen molar-refractivity contribution < 1.29 is 14.7 Å². The van der Waals surface area contributed by atoms with Crippen molar-refractivity contribution in [3.8, 4) is 0 Å². The summed E-state index contributed by atoms with van der Waals surface area (Å²) in [5, 5.41) is 11.6. The van der Waals surface area contributed by atoms with Gasteiger partial charge in [-0.05, 0) is 56.1 Å². The molecule has 2 rings (SSSR count). The molecule has 102 valence electrons. The van der Waals surface area contributed by atoms with E-state index in [1.165, 1.54) is 18.3 Å². The average molecular weight is 400 g/mol. The average Bonchev–Trinajstić information content (AvgIpc) is 2.43. The molecule has 20 heavy (non-hydrogen) atoms. The molecule has 0 bridgehead atoms. The maximum absolute atomic E-state index is 12.1. The zero-order valence-electron chi connectivity index (χ0n) is 9.93. The molecule has 0 atom stereocenters. The lowest BCUT2D eigenvalue weighted by molar-refractivity contribution is 0.0690. The van der Waals surface area contributed by atoms with Crippen LogP contribution in [0.1, 0.15) is 20.8 Å². The minimum atomic E-state index is -1.18. The van der Waals surface area contributed by atoms with E-state index in [0.29, 0.717) is 14.6 Å². The smallest absolute Gasteiger partial charge is 0.354 e. The quantitative estimate of drug-likeness (QED) is 0.826. The Morgan fingerprint density at radius 3 is 2.40 bits per heavy atom. The molecule has 0 fully saturated rings. The number of amides is 1. The molecule has 1 aromatic heterocycles. The van der Waals surface area contributed by atoms with E-state index in [1.807, 2.05) is 6.07 Å². The van der Waals surface area contributed by atoms with Crippen LogP contribution in [-0.2, 0) is 0 Å². The summed E-state index contributed by atoms with van der Waals surface area (Å²) in [6.45, 7) is 0. The lowest BCUT2D eigenvalue weighted by Crippen LogP contribution is -2.14. The Morgan fingerprint density at radius 2 is 1.80 bits per heavy atom. The lowest BCUT2D eigenvalue weighted by atomic mass is 10.2. The molecule has 2 N–H and O–H groups in total. The van der Waals surface area contributed by atoms with Crippen LogP contribution in [0.2, 0.25) is 0 Å². The highest BCUT2D eigenvalue weighted by molar-refractivity contribution is 9.11. The Bertz CT molecular complexity index is 669. The number of carbonyl (C=O) groups is 2. The molecule has 0 aliphatic heterocycles. The first-order valence-corrected chi connectivity index (χ1v) is 7.02. The van der Waals surface area contributed by atoms with Crippen LogP contribution in [0.15, 0.2) is 45.5 Å². The Labute approximate surface area is 131 Å². The number of hydrogen-bond donors (Lipinski definition) is 2. The van der Waals surface area contributed by atoms with Crippen molar-refractivity contribution in [1.29, 1.82) is 0 Å². The Kier molecular flexibility index (Phi) is 4.51. The monoisotopic (exact) mass is 398 g/mol. The third-order valence-electron chi connectivity index (χ3n) is 2.44. The summed E-state index contributed by atoms with van der Waals surface area (Å²) < 4.78 is 1.43. The summed E-state index contributed by atoms with van der Waals surface area (Å²) in [5.74, 6) is -1.59. The maximum atomic E-state index is 12.1. The van der Waals surface area contributed by atoms with Gasteiger partial charge in [-0.2, -0.15) is 0 Å². The molecular formula is C13H8Br2N2O3. The van der Waals surface area contributed by atoms with Gasteiger partial charge in [0.15, 0.2) is 0 Å². The van der Waals surface area contributed by atoms with Gasteiger partial charge in [-0.3, -0.25) is 4.79 Å². The molecule has 0 aliphatic carbocycles. The van der Waals surface area contributed by atoms with Gasteiger partial charge in [-0.15, -0.1) is 0 Å². The minimum absolute atomic E-state index is 0.177. The van der Waals surface area contributed by atoms with Crippen molar-refractivity contribution in [2.45, 2.75) is 0 Å². The van der Waals surface area contributed by atoms with Crippen LogP contribution in [0.5, 0.6) is 0 Å². The SMILES string of the molecule is O=C(Nc1c(Br)cccc1Br)c1ccnc(C(=O)O)c1. The zero-order chi connectivity index (χ0) is 14.7. The van der Waals surface area contributed by atoms with Crippen LogP contribution in [0, 0.1) is 0 Å². The van der Waals surface area contributed by atoms with E-state index >= 15 is 0 Å². The summed E-state index contributed by atoms with van der Waals surface area (Å²) in [5.41, 5.74) is 0.620. The molecule has 5 nitrogen and oxygen atoms in total. The van der Waals surface area contributed by atoms with Crippen LogP contribution in [-0.4, -0.2) is 22.0 Å². The number of aromatic nitrogens is 1. The van der Waals surface area contributed by atoms with E-state index in [2.05, 4.69) is 42.2 Å². The van der Waals surface area contributed by atoms with E-state index in [4.69, 9.17) is 5.11 Å². The summed E-state index contributed by atoms with van der Waals surface area (Å²) >= 11 is 6.67. The third-order valence-corrected chi connectivity index (χ3v) is 3.76. The van der Waals surface area contributed by atoms with E-state index < -0.39 is 11.9 Å². The number of carboxylic acid groups (broad SMARTS) is 1. The molecule has 0 aliphatic rings. The molecule has 1 amide bonds. The molecule has 0 spiro atoms. The summed E-state index contributed by atoms with van der Waals surface area (Å²) in [4.78, 5) is 26.6.